The third-order valence-corrected chi connectivity index (χ3v) is 1.74. The van der Waals surface area contributed by atoms with Crippen molar-refractivity contribution in [2.75, 3.05) is 13.2 Å². The molecule has 0 aliphatic carbocycles. The number of ether oxygens (including phenoxy) is 1. The molecule has 0 aromatic heterocycles. The quantitative estimate of drug-likeness (QED) is 0.600. The third-order valence-electron chi connectivity index (χ3n) is 1.74. The van der Waals surface area contributed by atoms with Crippen molar-refractivity contribution in [2.24, 2.45) is 5.73 Å². The summed E-state index contributed by atoms with van der Waals surface area (Å²) < 4.78 is 29.0. The fraction of sp³-hybridized carbons (Fsp3) is 1.00. The fourth-order valence-corrected chi connectivity index (χ4v) is 1.01. The zero-order chi connectivity index (χ0) is 7.61. The van der Waals surface area contributed by atoms with Gasteiger partial charge >= 0.3 is 0 Å². The van der Waals surface area contributed by atoms with Gasteiger partial charge in [0.2, 0.25) is 0 Å². The van der Waals surface area contributed by atoms with Gasteiger partial charge in [-0.15, -0.1) is 0 Å². The highest BCUT2D eigenvalue weighted by molar-refractivity contribution is 4.88. The van der Waals surface area contributed by atoms with Crippen molar-refractivity contribution >= 4 is 0 Å². The minimum Gasteiger partial charge on any atom is -0.379 e. The minimum atomic E-state index is -2.47. The molecule has 0 amide bonds. The van der Waals surface area contributed by atoms with E-state index in [1.165, 1.54) is 0 Å². The zero-order valence-corrected chi connectivity index (χ0v) is 5.65. The molecule has 0 aromatic rings. The van der Waals surface area contributed by atoms with Gasteiger partial charge in [0, 0.05) is 6.61 Å². The SMILES string of the molecule is NC1(C(F)F)CCCOC1. The van der Waals surface area contributed by atoms with Crippen LogP contribution in [0.5, 0.6) is 0 Å². The maximum Gasteiger partial charge on any atom is 0.258 e. The zero-order valence-electron chi connectivity index (χ0n) is 5.65. The molecule has 1 aliphatic heterocycles. The summed E-state index contributed by atoms with van der Waals surface area (Å²) in [6.45, 7) is 0.552. The number of rotatable bonds is 1. The second-order valence-electron chi connectivity index (χ2n) is 2.69. The lowest BCUT2D eigenvalue weighted by molar-refractivity contribution is -0.0444. The molecule has 1 rings (SSSR count). The first kappa shape index (κ1) is 7.88. The molecule has 1 unspecified atom stereocenters. The second-order valence-corrected chi connectivity index (χ2v) is 2.69. The van der Waals surface area contributed by atoms with Crippen LogP contribution in [-0.2, 0) is 4.74 Å². The van der Waals surface area contributed by atoms with Crippen molar-refractivity contribution < 1.29 is 13.5 Å². The molecule has 2 N–H and O–H groups in total. The van der Waals surface area contributed by atoms with Crippen molar-refractivity contribution in [3.63, 3.8) is 0 Å². The molecule has 2 nitrogen and oxygen atoms in total. The summed E-state index contributed by atoms with van der Waals surface area (Å²) in [6.07, 6.45) is -1.46. The van der Waals surface area contributed by atoms with Crippen LogP contribution in [0, 0.1) is 0 Å². The van der Waals surface area contributed by atoms with E-state index >= 15 is 0 Å². The van der Waals surface area contributed by atoms with E-state index in [9.17, 15) is 8.78 Å². The standard InChI is InChI=1S/C6H11F2NO/c7-5(8)6(9)2-1-3-10-4-6/h5H,1-4,9H2. The number of halogens is 2. The highest BCUT2D eigenvalue weighted by Gasteiger charge is 2.37. The number of hydrogen-bond donors (Lipinski definition) is 1. The predicted molar refractivity (Wildman–Crippen MR) is 33.0 cm³/mol. The molecule has 1 fully saturated rings. The summed E-state index contributed by atoms with van der Waals surface area (Å²) in [5.41, 5.74) is 3.95. The van der Waals surface area contributed by atoms with Crippen LogP contribution in [0.15, 0.2) is 0 Å². The van der Waals surface area contributed by atoms with Crippen LogP contribution >= 0.6 is 0 Å². The summed E-state index contributed by atoms with van der Waals surface area (Å²) in [6, 6.07) is 0. The highest BCUT2D eigenvalue weighted by atomic mass is 19.3. The Balaban J connectivity index is 2.48. The smallest absolute Gasteiger partial charge is 0.258 e. The van der Waals surface area contributed by atoms with Gasteiger partial charge < -0.3 is 10.5 Å². The van der Waals surface area contributed by atoms with Crippen LogP contribution in [0.4, 0.5) is 8.78 Å². The lowest BCUT2D eigenvalue weighted by Crippen LogP contribution is -2.53. The summed E-state index contributed by atoms with van der Waals surface area (Å²) >= 11 is 0. The van der Waals surface area contributed by atoms with Crippen LogP contribution in [-0.4, -0.2) is 25.2 Å². The number of hydrogen-bond acceptors (Lipinski definition) is 2. The molecule has 4 heteroatoms. The van der Waals surface area contributed by atoms with Crippen molar-refractivity contribution in [1.82, 2.24) is 0 Å². The number of alkyl halides is 2. The lowest BCUT2D eigenvalue weighted by atomic mass is 9.94. The molecule has 1 heterocycles. The Morgan fingerprint density at radius 2 is 2.20 bits per heavy atom. The van der Waals surface area contributed by atoms with Crippen molar-refractivity contribution in [3.05, 3.63) is 0 Å². The lowest BCUT2D eigenvalue weighted by Gasteiger charge is -2.31. The average Bonchev–Trinajstić information content (AvgIpc) is 1.89. The van der Waals surface area contributed by atoms with Crippen LogP contribution in [0.25, 0.3) is 0 Å². The molecule has 1 atom stereocenters. The van der Waals surface area contributed by atoms with Crippen molar-refractivity contribution in [2.45, 2.75) is 24.8 Å². The Kier molecular flexibility index (Phi) is 2.21. The molecule has 1 aliphatic rings. The summed E-state index contributed by atoms with van der Waals surface area (Å²) in [5, 5.41) is 0. The summed E-state index contributed by atoms with van der Waals surface area (Å²) in [5.74, 6) is 0. The van der Waals surface area contributed by atoms with E-state index in [2.05, 4.69) is 0 Å². The molecule has 1 saturated heterocycles. The summed E-state index contributed by atoms with van der Waals surface area (Å²) in [4.78, 5) is 0. The van der Waals surface area contributed by atoms with Gasteiger partial charge in [0.15, 0.2) is 0 Å². The molecular formula is C6H11F2NO. The molecule has 10 heavy (non-hydrogen) atoms. The molecule has 0 radical (unpaired) electrons. The third kappa shape index (κ3) is 1.44. The van der Waals surface area contributed by atoms with Crippen molar-refractivity contribution in [1.29, 1.82) is 0 Å². The first-order valence-corrected chi connectivity index (χ1v) is 3.30. The molecule has 60 valence electrons. The predicted octanol–water partition coefficient (Wildman–Crippen LogP) is 0.759. The Bertz CT molecular complexity index is 112. The van der Waals surface area contributed by atoms with Crippen LogP contribution in [0.3, 0.4) is 0 Å². The summed E-state index contributed by atoms with van der Waals surface area (Å²) in [7, 11) is 0. The van der Waals surface area contributed by atoms with Gasteiger partial charge in [-0.3, -0.25) is 0 Å². The van der Waals surface area contributed by atoms with Crippen LogP contribution in [0.2, 0.25) is 0 Å². The van der Waals surface area contributed by atoms with E-state index in [-0.39, 0.29) is 6.61 Å². The molecule has 0 saturated carbocycles. The highest BCUT2D eigenvalue weighted by Crippen LogP contribution is 2.22. The van der Waals surface area contributed by atoms with E-state index in [4.69, 9.17) is 10.5 Å². The Morgan fingerprint density at radius 3 is 2.50 bits per heavy atom. The maximum absolute atomic E-state index is 12.1. The van der Waals surface area contributed by atoms with E-state index in [1.807, 2.05) is 0 Å². The Morgan fingerprint density at radius 1 is 1.50 bits per heavy atom. The molecule has 0 spiro atoms. The van der Waals surface area contributed by atoms with Gasteiger partial charge in [-0.1, -0.05) is 0 Å². The Hall–Kier alpha value is -0.220. The van der Waals surface area contributed by atoms with Gasteiger partial charge in [0.05, 0.1) is 6.61 Å². The topological polar surface area (TPSA) is 35.2 Å². The van der Waals surface area contributed by atoms with E-state index in [0.717, 1.165) is 0 Å². The average molecular weight is 151 g/mol. The van der Waals surface area contributed by atoms with Gasteiger partial charge in [-0.25, -0.2) is 8.78 Å². The first-order valence-electron chi connectivity index (χ1n) is 3.30. The molecule has 0 bridgehead atoms. The van der Waals surface area contributed by atoms with E-state index in [1.54, 1.807) is 0 Å². The van der Waals surface area contributed by atoms with Gasteiger partial charge in [0.1, 0.15) is 5.54 Å². The van der Waals surface area contributed by atoms with Crippen LogP contribution in [0.1, 0.15) is 12.8 Å². The van der Waals surface area contributed by atoms with Gasteiger partial charge in [-0.2, -0.15) is 0 Å². The maximum atomic E-state index is 12.1. The normalized spacial score (nSPS) is 34.8. The van der Waals surface area contributed by atoms with Gasteiger partial charge in [-0.05, 0) is 12.8 Å². The molecular weight excluding hydrogens is 140 g/mol. The van der Waals surface area contributed by atoms with E-state index in [0.29, 0.717) is 19.4 Å². The minimum absolute atomic E-state index is 0.00926. The van der Waals surface area contributed by atoms with Gasteiger partial charge in [0.25, 0.3) is 6.43 Å². The second kappa shape index (κ2) is 2.80. The Labute approximate surface area is 58.3 Å². The fourth-order valence-electron chi connectivity index (χ4n) is 1.01. The van der Waals surface area contributed by atoms with E-state index < -0.39 is 12.0 Å². The largest absolute Gasteiger partial charge is 0.379 e. The number of nitrogens with two attached hydrogens (primary N) is 1. The van der Waals surface area contributed by atoms with Crippen molar-refractivity contribution in [3.8, 4) is 0 Å². The first-order chi connectivity index (χ1) is 4.65. The van der Waals surface area contributed by atoms with Crippen LogP contribution < -0.4 is 5.73 Å². The monoisotopic (exact) mass is 151 g/mol. The molecule has 0 aromatic carbocycles.